The molecule has 16 heavy (non-hydrogen) atoms. The predicted octanol–water partition coefficient (Wildman–Crippen LogP) is 1.75. The van der Waals surface area contributed by atoms with Gasteiger partial charge in [0.05, 0.1) is 13.2 Å². The van der Waals surface area contributed by atoms with Crippen LogP contribution >= 0.6 is 0 Å². The van der Waals surface area contributed by atoms with Crippen LogP contribution in [0.4, 0.5) is 4.39 Å². The molecule has 0 aliphatic carbocycles. The van der Waals surface area contributed by atoms with E-state index in [0.717, 1.165) is 0 Å². The normalized spacial score (nSPS) is 20.9. The third kappa shape index (κ3) is 2.22. The van der Waals surface area contributed by atoms with Crippen molar-refractivity contribution in [2.45, 2.75) is 13.0 Å². The van der Waals surface area contributed by atoms with Gasteiger partial charge in [-0.05, 0) is 6.07 Å². The molecule has 1 heterocycles. The second-order valence-corrected chi connectivity index (χ2v) is 3.85. The minimum atomic E-state index is -0.348. The first-order chi connectivity index (χ1) is 7.68. The van der Waals surface area contributed by atoms with Gasteiger partial charge in [0.2, 0.25) is 5.91 Å². The second kappa shape index (κ2) is 4.61. The summed E-state index contributed by atoms with van der Waals surface area (Å²) in [6.07, 6.45) is -0.348. The molecule has 1 amide bonds. The number of nitrogens with zero attached hydrogens (tertiary/aromatic N) is 1. The molecule has 1 aromatic carbocycles. The molecule has 0 unspecified atom stereocenters. The zero-order chi connectivity index (χ0) is 11.5. The van der Waals surface area contributed by atoms with Crippen molar-refractivity contribution in [1.29, 1.82) is 0 Å². The fourth-order valence-corrected chi connectivity index (χ4v) is 1.86. The lowest BCUT2D eigenvalue weighted by Gasteiger charge is -2.32. The third-order valence-electron chi connectivity index (χ3n) is 2.76. The molecule has 1 aliphatic rings. The Morgan fingerprint density at radius 1 is 1.50 bits per heavy atom. The predicted molar refractivity (Wildman–Crippen MR) is 57.3 cm³/mol. The zero-order valence-corrected chi connectivity index (χ0v) is 9.15. The maximum absolute atomic E-state index is 13.5. The van der Waals surface area contributed by atoms with Crippen LogP contribution in [0.3, 0.4) is 0 Å². The Morgan fingerprint density at radius 3 is 2.94 bits per heavy atom. The van der Waals surface area contributed by atoms with Crippen molar-refractivity contribution >= 4 is 5.91 Å². The van der Waals surface area contributed by atoms with Gasteiger partial charge in [0.1, 0.15) is 11.9 Å². The van der Waals surface area contributed by atoms with Gasteiger partial charge >= 0.3 is 0 Å². The van der Waals surface area contributed by atoms with Crippen molar-refractivity contribution in [2.75, 3.05) is 19.7 Å². The van der Waals surface area contributed by atoms with Crippen LogP contribution in [-0.2, 0) is 9.53 Å². The molecule has 1 atom stereocenters. The molecule has 3 nitrogen and oxygen atoms in total. The molecule has 1 fully saturated rings. The Bertz CT molecular complexity index is 394. The van der Waals surface area contributed by atoms with Crippen molar-refractivity contribution in [3.8, 4) is 0 Å². The smallest absolute Gasteiger partial charge is 0.219 e. The summed E-state index contributed by atoms with van der Waals surface area (Å²) in [6, 6.07) is 6.52. The van der Waals surface area contributed by atoms with Crippen LogP contribution in [-0.4, -0.2) is 30.5 Å². The number of ether oxygens (including phenoxy) is 1. The van der Waals surface area contributed by atoms with Gasteiger partial charge < -0.3 is 9.64 Å². The first-order valence-corrected chi connectivity index (χ1v) is 5.30. The lowest BCUT2D eigenvalue weighted by molar-refractivity contribution is -0.136. The van der Waals surface area contributed by atoms with Gasteiger partial charge in [-0.25, -0.2) is 4.39 Å². The Labute approximate surface area is 93.8 Å². The highest BCUT2D eigenvalue weighted by Crippen LogP contribution is 2.24. The molecule has 1 aliphatic heterocycles. The maximum Gasteiger partial charge on any atom is 0.219 e. The molecule has 86 valence electrons. The van der Waals surface area contributed by atoms with E-state index in [2.05, 4.69) is 0 Å². The van der Waals surface area contributed by atoms with Crippen molar-refractivity contribution in [2.24, 2.45) is 0 Å². The molecule has 0 radical (unpaired) electrons. The summed E-state index contributed by atoms with van der Waals surface area (Å²) in [7, 11) is 0. The van der Waals surface area contributed by atoms with E-state index in [1.54, 1.807) is 23.1 Å². The minimum Gasteiger partial charge on any atom is -0.370 e. The summed E-state index contributed by atoms with van der Waals surface area (Å²) in [6.45, 7) is 2.98. The number of amides is 1. The molecule has 4 heteroatoms. The first-order valence-electron chi connectivity index (χ1n) is 5.30. The van der Waals surface area contributed by atoms with Crippen LogP contribution in [0.15, 0.2) is 24.3 Å². The van der Waals surface area contributed by atoms with Crippen LogP contribution < -0.4 is 0 Å². The first kappa shape index (κ1) is 11.1. The zero-order valence-electron chi connectivity index (χ0n) is 9.15. The maximum atomic E-state index is 13.5. The quantitative estimate of drug-likeness (QED) is 0.725. The number of carbonyl (C=O) groups excluding carboxylic acids is 1. The second-order valence-electron chi connectivity index (χ2n) is 3.85. The molecule has 0 N–H and O–H groups in total. The largest absolute Gasteiger partial charge is 0.370 e. The number of carbonyl (C=O) groups is 1. The average Bonchev–Trinajstić information content (AvgIpc) is 2.30. The van der Waals surface area contributed by atoms with E-state index >= 15 is 0 Å². The fourth-order valence-electron chi connectivity index (χ4n) is 1.86. The van der Waals surface area contributed by atoms with Gasteiger partial charge in [-0.1, -0.05) is 18.2 Å². The van der Waals surface area contributed by atoms with E-state index in [4.69, 9.17) is 4.74 Å². The summed E-state index contributed by atoms with van der Waals surface area (Å²) >= 11 is 0. The number of rotatable bonds is 1. The van der Waals surface area contributed by atoms with Gasteiger partial charge in [0, 0.05) is 19.0 Å². The lowest BCUT2D eigenvalue weighted by atomic mass is 10.1. The summed E-state index contributed by atoms with van der Waals surface area (Å²) in [5.41, 5.74) is 0.522. The Hall–Kier alpha value is -1.42. The molecular weight excluding hydrogens is 209 g/mol. The Morgan fingerprint density at radius 2 is 2.25 bits per heavy atom. The molecule has 0 saturated carbocycles. The average molecular weight is 223 g/mol. The monoisotopic (exact) mass is 223 g/mol. The summed E-state index contributed by atoms with van der Waals surface area (Å²) < 4.78 is 19.0. The van der Waals surface area contributed by atoms with Crippen molar-refractivity contribution in [1.82, 2.24) is 4.90 Å². The van der Waals surface area contributed by atoms with E-state index in [1.165, 1.54) is 13.0 Å². The van der Waals surface area contributed by atoms with Crippen molar-refractivity contribution in [3.63, 3.8) is 0 Å². The van der Waals surface area contributed by atoms with Crippen molar-refractivity contribution in [3.05, 3.63) is 35.6 Å². The van der Waals surface area contributed by atoms with E-state index in [-0.39, 0.29) is 17.8 Å². The summed E-state index contributed by atoms with van der Waals surface area (Å²) in [5.74, 6) is -0.275. The van der Waals surface area contributed by atoms with Crippen LogP contribution in [0.2, 0.25) is 0 Å². The van der Waals surface area contributed by atoms with Crippen LogP contribution in [0.25, 0.3) is 0 Å². The SMILES string of the molecule is CC(=O)N1CCO[C@H](c2ccccc2F)C1. The third-order valence-corrected chi connectivity index (χ3v) is 2.76. The lowest BCUT2D eigenvalue weighted by Crippen LogP contribution is -2.41. The standard InChI is InChI=1S/C12H14FNO2/c1-9(15)14-6-7-16-12(8-14)10-4-2-3-5-11(10)13/h2-5,12H,6-8H2,1H3/t12-/m0/s1. The highest BCUT2D eigenvalue weighted by Gasteiger charge is 2.25. The number of morpholine rings is 1. The van der Waals surface area contributed by atoms with Crippen LogP contribution in [0.5, 0.6) is 0 Å². The fraction of sp³-hybridized carbons (Fsp3) is 0.417. The Balaban J connectivity index is 2.16. The van der Waals surface area contributed by atoms with E-state index in [1.807, 2.05) is 0 Å². The van der Waals surface area contributed by atoms with Gasteiger partial charge in [0.25, 0.3) is 0 Å². The minimum absolute atomic E-state index is 0.00430. The molecule has 1 saturated heterocycles. The van der Waals surface area contributed by atoms with Gasteiger partial charge in [-0.15, -0.1) is 0 Å². The molecule has 0 aromatic heterocycles. The van der Waals surface area contributed by atoms with Crippen LogP contribution in [0, 0.1) is 5.82 Å². The highest BCUT2D eigenvalue weighted by atomic mass is 19.1. The molecule has 2 rings (SSSR count). The number of halogens is 1. The van der Waals surface area contributed by atoms with E-state index in [0.29, 0.717) is 25.3 Å². The molecular formula is C12H14FNO2. The summed E-state index contributed by atoms with van der Waals surface area (Å²) in [4.78, 5) is 12.9. The van der Waals surface area contributed by atoms with Crippen molar-refractivity contribution < 1.29 is 13.9 Å². The van der Waals surface area contributed by atoms with Crippen LogP contribution in [0.1, 0.15) is 18.6 Å². The highest BCUT2D eigenvalue weighted by molar-refractivity contribution is 5.73. The summed E-state index contributed by atoms with van der Waals surface area (Å²) in [5, 5.41) is 0. The molecule has 0 bridgehead atoms. The van der Waals surface area contributed by atoms with E-state index in [9.17, 15) is 9.18 Å². The number of benzene rings is 1. The molecule has 1 aromatic rings. The number of hydrogen-bond acceptors (Lipinski definition) is 2. The van der Waals surface area contributed by atoms with E-state index < -0.39 is 0 Å². The van der Waals surface area contributed by atoms with Gasteiger partial charge in [-0.2, -0.15) is 0 Å². The van der Waals surface area contributed by atoms with Gasteiger partial charge in [0.15, 0.2) is 0 Å². The molecule has 0 spiro atoms. The number of hydrogen-bond donors (Lipinski definition) is 0. The topological polar surface area (TPSA) is 29.5 Å². The Kier molecular flexibility index (Phi) is 3.19. The van der Waals surface area contributed by atoms with Gasteiger partial charge in [-0.3, -0.25) is 4.79 Å².